The van der Waals surface area contributed by atoms with E-state index in [1.54, 1.807) is 0 Å². The van der Waals surface area contributed by atoms with E-state index < -0.39 is 159 Å². The van der Waals surface area contributed by atoms with Gasteiger partial charge in [0, 0.05) is 7.11 Å². The van der Waals surface area contributed by atoms with Gasteiger partial charge in [0.2, 0.25) is 24.5 Å². The van der Waals surface area contributed by atoms with Crippen LogP contribution in [0.5, 0.6) is 0 Å². The second-order valence-electron chi connectivity index (χ2n) is 16.8. The molecule has 3 aliphatic rings. The van der Waals surface area contributed by atoms with Crippen molar-refractivity contribution in [2.75, 3.05) is 38.4 Å². The lowest BCUT2D eigenvalue weighted by molar-refractivity contribution is -0.646. The third-order valence-corrected chi connectivity index (χ3v) is 16.9. The molecule has 0 aromatic carbocycles. The van der Waals surface area contributed by atoms with E-state index in [-0.39, 0.29) is 34.1 Å². The minimum Gasteiger partial charge on any atom is -0.387 e. The first kappa shape index (κ1) is 55.6. The fourth-order valence-corrected chi connectivity index (χ4v) is 12.9. The number of phosphoric ester groups is 3. The van der Waals surface area contributed by atoms with Crippen molar-refractivity contribution in [3.63, 3.8) is 0 Å². The number of H-pyrrole nitrogens is 3. The number of aliphatic hydroxyl groups excluding tert-OH is 3. The maximum absolute atomic E-state index is 16.6. The smallest absolute Gasteiger partial charge is 0.387 e. The Kier molecular flexibility index (Phi) is 15.0. The summed E-state index contributed by atoms with van der Waals surface area (Å²) in [6, 6.07) is 0. The Morgan fingerprint density at radius 1 is 0.658 bits per heavy atom. The number of halogens is 1. The minimum atomic E-state index is -6.25. The predicted octanol–water partition coefficient (Wildman–Crippen LogP) is -3.71. The zero-order valence-corrected chi connectivity index (χ0v) is 42.3. The second-order valence-corrected chi connectivity index (χ2v) is 22.9. The third-order valence-electron chi connectivity index (χ3n) is 11.7. The highest BCUT2D eigenvalue weighted by Gasteiger charge is 2.54. The summed E-state index contributed by atoms with van der Waals surface area (Å²) >= 11 is 0. The number of hydrogen-bond acceptors (Lipinski definition) is 27. The molecule has 3 saturated heterocycles. The van der Waals surface area contributed by atoms with Gasteiger partial charge in [0.1, 0.15) is 54.7 Å². The molecule has 0 spiro atoms. The summed E-state index contributed by atoms with van der Waals surface area (Å²) in [5.41, 5.74) is 8.06. The summed E-state index contributed by atoms with van der Waals surface area (Å²) in [7, 11) is -21.2. The monoisotopic (exact) mass is 1160 g/mol. The van der Waals surface area contributed by atoms with Crippen LogP contribution in [0.4, 0.5) is 16.3 Å². The van der Waals surface area contributed by atoms with Crippen LogP contribution in [-0.2, 0) is 71.0 Å². The number of nitrogens with one attached hydrogen (secondary N) is 3. The van der Waals surface area contributed by atoms with E-state index in [4.69, 9.17) is 48.5 Å². The minimum absolute atomic E-state index is 0.00397. The highest BCUT2D eigenvalue weighted by molar-refractivity contribution is 7.66. The van der Waals surface area contributed by atoms with Crippen LogP contribution >= 0.6 is 31.3 Å². The van der Waals surface area contributed by atoms with Crippen molar-refractivity contribution in [3.05, 3.63) is 55.9 Å². The third kappa shape index (κ3) is 11.0. The number of nitrogens with zero attached hydrogens (tertiary/aromatic N) is 9. The summed E-state index contributed by atoms with van der Waals surface area (Å²) in [6.07, 6.45) is -18.7. The molecular weight excluding hydrogens is 1120 g/mol. The molecule has 3 aliphatic heterocycles. The lowest BCUT2D eigenvalue weighted by atomic mass is 10.1. The van der Waals surface area contributed by atoms with Gasteiger partial charge in [-0.1, -0.05) is 0 Å². The molecule has 416 valence electrons. The van der Waals surface area contributed by atoms with Crippen LogP contribution in [0.25, 0.3) is 33.5 Å². The average Bonchev–Trinajstić information content (AvgIpc) is 4.16. The number of hydrogen-bond donors (Lipinski definition) is 12. The van der Waals surface area contributed by atoms with Crippen LogP contribution in [0.15, 0.2) is 33.4 Å². The van der Waals surface area contributed by atoms with Gasteiger partial charge in [-0.15, -0.1) is 0 Å². The van der Waals surface area contributed by atoms with Crippen LogP contribution in [0.2, 0.25) is 0 Å². The Bertz CT molecular complexity index is 3590. The number of nitrogen functional groups attached to an aromatic ring is 2. The number of anilines is 2. The number of methoxy groups -OCH3 is 1. The van der Waals surface area contributed by atoms with Gasteiger partial charge in [0.15, 0.2) is 41.0 Å². The number of aliphatic hydroxyl groups is 3. The first-order valence-corrected chi connectivity index (χ1v) is 27.5. The summed E-state index contributed by atoms with van der Waals surface area (Å²) in [6.45, 7) is -2.13. The molecule has 3 fully saturated rings. The largest absolute Gasteiger partial charge is 0.490 e. The highest BCUT2D eigenvalue weighted by Crippen LogP contribution is 2.68. The molecule has 16 atom stereocenters. The van der Waals surface area contributed by atoms with Crippen LogP contribution in [0, 0.1) is 6.92 Å². The van der Waals surface area contributed by atoms with Crippen LogP contribution in [0.1, 0.15) is 24.5 Å². The van der Waals surface area contributed by atoms with Gasteiger partial charge in [-0.05, 0) is 6.92 Å². The zero-order chi connectivity index (χ0) is 55.1. The number of aryl methyl sites for hydroxylation is 2. The van der Waals surface area contributed by atoms with Gasteiger partial charge in [0.25, 0.3) is 22.3 Å². The first-order chi connectivity index (χ1) is 35.6. The molecule has 6 aromatic heterocycles. The number of imidazole rings is 3. The number of ether oxygens (including phenoxy) is 4. The van der Waals surface area contributed by atoms with Gasteiger partial charge in [0.05, 0.1) is 39.5 Å². The van der Waals surface area contributed by atoms with E-state index in [1.165, 1.54) is 29.4 Å². The maximum Gasteiger partial charge on any atom is 0.490 e. The van der Waals surface area contributed by atoms with E-state index >= 15 is 4.39 Å². The van der Waals surface area contributed by atoms with Crippen LogP contribution in [-0.4, -0.2) is 170 Å². The number of fused-ring (bicyclic) bond motifs is 3. The molecule has 38 nitrogen and oxygen atoms in total. The lowest BCUT2D eigenvalue weighted by Gasteiger charge is -2.24. The fraction of sp³-hybridized carbons (Fsp3) is 0.545. The number of rotatable bonds is 19. The first-order valence-electron chi connectivity index (χ1n) is 21.5. The van der Waals surface area contributed by atoms with Crippen molar-refractivity contribution in [2.24, 2.45) is 7.05 Å². The highest BCUT2D eigenvalue weighted by atomic mass is 31.3. The van der Waals surface area contributed by atoms with Crippen LogP contribution < -0.4 is 32.7 Å². The molecule has 43 heteroatoms. The Hall–Kier alpha value is -5.18. The van der Waals surface area contributed by atoms with Crippen molar-refractivity contribution in [3.8, 4) is 0 Å². The van der Waals surface area contributed by atoms with Gasteiger partial charge in [-0.2, -0.15) is 23.2 Å². The molecule has 0 aliphatic carbocycles. The Morgan fingerprint density at radius 2 is 1.14 bits per heavy atom. The normalized spacial score (nSPS) is 30.2. The summed E-state index contributed by atoms with van der Waals surface area (Å²) in [5.74, 6) is -0.621. The molecule has 14 N–H and O–H groups in total. The van der Waals surface area contributed by atoms with Crippen molar-refractivity contribution in [2.45, 2.75) is 80.6 Å². The van der Waals surface area contributed by atoms with Gasteiger partial charge < -0.3 is 70.3 Å². The molecule has 0 radical (unpaired) electrons. The molecule has 0 bridgehead atoms. The molecule has 7 unspecified atom stereocenters. The molecule has 9 rings (SSSR count). The number of aromatic amines is 3. The Morgan fingerprint density at radius 3 is 1.76 bits per heavy atom. The van der Waals surface area contributed by atoms with E-state index in [2.05, 4.69) is 48.5 Å². The quantitative estimate of drug-likeness (QED) is 0.0274. The Labute approximate surface area is 419 Å². The van der Waals surface area contributed by atoms with E-state index in [0.717, 1.165) is 28.9 Å². The summed E-state index contributed by atoms with van der Waals surface area (Å²) in [4.78, 5) is 106. The van der Waals surface area contributed by atoms with E-state index in [0.29, 0.717) is 0 Å². The topological polar surface area (TPSA) is 536 Å². The maximum atomic E-state index is 16.6. The van der Waals surface area contributed by atoms with Gasteiger partial charge in [-0.25, -0.2) is 42.2 Å². The number of aromatic nitrogens is 12. The molecule has 76 heavy (non-hydrogen) atoms. The zero-order valence-electron chi connectivity index (χ0n) is 38.7. The number of nitrogens with two attached hydrogens (primary N) is 2. The van der Waals surface area contributed by atoms with Crippen LogP contribution in [0.3, 0.4) is 0 Å². The van der Waals surface area contributed by atoms with Crippen molar-refractivity contribution >= 4 is 76.7 Å². The molecule has 9 heterocycles. The SMILES string of the molecule is CO[C@@H]1C(O)[C@H](n2c[n+](C)c3c(=O)[nH]c(N)nc32)O[C@@H]1COP(=O)(O)OP(=O)(O)OP(=O)(O)OC[C@H]1O[C@@H](n2cnc3c(=O)[nH]c(N)nc32)[C@@H](F)C1OP(=O)(O)OC[C@H]1O[C@@H](n2cnc3c(=O)[nH]c(C)nc32)[C@@H](O)C1O. The summed E-state index contributed by atoms with van der Waals surface area (Å²) < 4.78 is 124. The molecule has 0 amide bonds. The van der Waals surface area contributed by atoms with Crippen molar-refractivity contribution < 1.29 is 108 Å². The molecule has 0 saturated carbocycles. The number of phosphoric acid groups is 4. The molecule has 6 aromatic rings. The van der Waals surface area contributed by atoms with Gasteiger partial charge >= 0.3 is 36.9 Å². The van der Waals surface area contributed by atoms with Crippen molar-refractivity contribution in [1.29, 1.82) is 0 Å². The average molecular weight is 1160 g/mol. The lowest BCUT2D eigenvalue weighted by Crippen LogP contribution is -2.35. The standard InChI is InChI=1S/C33H43FN14O24P4/c1-10-39-23-15(26(52)40-10)38-8-47(23)30-19(50)18(49)11(67-30)4-64-73(55,56)70-21-12(68-29(14(21)34)46-7-37-16-24(46)41-32(35)43-27(16)53)5-65-74(57,58)71-76(61,62)72-75(59,60)66-6-13-22(63-3)20(51)31(69-13)48-9-45(2)17-25(48)42-33(36)44-28(17)54/h7-9,11-14,18-22,29-31,49-51H,4-6H2,1-3H3,(H10-,35,36,39,40,41,42,43,44,52,53,54,55,56,57,58,59,60,61,62)/p+1/t11-,12-,13-,14+,18?,19+,20?,21?,22+,29-,30-,31-/m1/s1. The number of alkyl halides is 1. The predicted molar refractivity (Wildman–Crippen MR) is 241 cm³/mol. The van der Waals surface area contributed by atoms with Crippen molar-refractivity contribution in [1.82, 2.24) is 53.6 Å². The molecular formula is C33H44FN14O24P4+. The van der Waals surface area contributed by atoms with E-state index in [1.807, 2.05) is 0 Å². The fourth-order valence-electron chi connectivity index (χ4n) is 8.47. The second kappa shape index (κ2) is 20.6. The van der Waals surface area contributed by atoms with E-state index in [9.17, 15) is 67.5 Å². The summed E-state index contributed by atoms with van der Waals surface area (Å²) in [5, 5.41) is 32.7. The Balaban J connectivity index is 0.863. The van der Waals surface area contributed by atoms with Gasteiger partial charge in [-0.3, -0.25) is 51.6 Å².